The van der Waals surface area contributed by atoms with Crippen molar-refractivity contribution in [3.05, 3.63) is 65.2 Å². The molecule has 0 saturated carbocycles. The highest BCUT2D eigenvalue weighted by Gasteiger charge is 2.21. The number of halogens is 1. The molecule has 116 valence electrons. The van der Waals surface area contributed by atoms with E-state index in [4.69, 9.17) is 5.73 Å². The Balaban J connectivity index is 0.00000176. The minimum Gasteiger partial charge on any atom is -0.369 e. The van der Waals surface area contributed by atoms with Crippen molar-refractivity contribution in [2.24, 2.45) is 5.73 Å². The van der Waals surface area contributed by atoms with Crippen LogP contribution in [0, 0.1) is 0 Å². The number of nitrogens with zero attached hydrogens (tertiary/aromatic N) is 1. The predicted octanol–water partition coefficient (Wildman–Crippen LogP) is 3.26. The third kappa shape index (κ3) is 3.25. The molecule has 3 nitrogen and oxygen atoms in total. The van der Waals surface area contributed by atoms with Crippen molar-refractivity contribution in [1.29, 1.82) is 0 Å². The molecule has 2 aromatic rings. The monoisotopic (exact) mass is 316 g/mol. The Bertz CT molecular complexity index is 657. The Hall–Kier alpha value is -2.00. The highest BCUT2D eigenvalue weighted by Crippen LogP contribution is 2.32. The lowest BCUT2D eigenvalue weighted by Gasteiger charge is -2.20. The second kappa shape index (κ2) is 6.84. The first-order valence-corrected chi connectivity index (χ1v) is 7.36. The molecule has 1 heterocycles. The molecular weight excluding hydrogens is 296 g/mol. The quantitative estimate of drug-likeness (QED) is 0.941. The highest BCUT2D eigenvalue weighted by molar-refractivity contribution is 5.85. The zero-order valence-electron chi connectivity index (χ0n) is 12.7. The molecule has 3 rings (SSSR count). The predicted molar refractivity (Wildman–Crippen MR) is 92.5 cm³/mol. The summed E-state index contributed by atoms with van der Waals surface area (Å²) in [4.78, 5) is 13.7. The summed E-state index contributed by atoms with van der Waals surface area (Å²) < 4.78 is 0. The van der Waals surface area contributed by atoms with Crippen LogP contribution >= 0.6 is 12.4 Å². The van der Waals surface area contributed by atoms with Crippen molar-refractivity contribution in [2.45, 2.75) is 25.8 Å². The van der Waals surface area contributed by atoms with Crippen LogP contribution in [-0.2, 0) is 17.8 Å². The van der Waals surface area contributed by atoms with Gasteiger partial charge in [0, 0.05) is 18.8 Å². The summed E-state index contributed by atoms with van der Waals surface area (Å²) in [6, 6.07) is 16.8. The fraction of sp³-hybridized carbons (Fsp3) is 0.278. The lowest BCUT2D eigenvalue weighted by Crippen LogP contribution is -2.20. The topological polar surface area (TPSA) is 46.3 Å². The van der Waals surface area contributed by atoms with E-state index in [1.54, 1.807) is 0 Å². The standard InChI is InChI=1S/C18H20N2O.ClH/c1-13(18(19)21)15-7-8-17-16(11-15)9-10-20(17)12-14-5-3-2-4-6-14;/h2-8,11,13H,9-10,12H2,1H3,(H2,19,21);1H. The van der Waals surface area contributed by atoms with Crippen LogP contribution in [-0.4, -0.2) is 12.5 Å². The molecule has 2 N–H and O–H groups in total. The normalized spacial score (nSPS) is 14.1. The summed E-state index contributed by atoms with van der Waals surface area (Å²) in [5, 5.41) is 0. The molecule has 4 heteroatoms. The number of rotatable bonds is 4. The number of hydrogen-bond donors (Lipinski definition) is 1. The Kier molecular flexibility index (Phi) is 5.09. The molecule has 1 aliphatic rings. The van der Waals surface area contributed by atoms with E-state index in [9.17, 15) is 4.79 Å². The van der Waals surface area contributed by atoms with Gasteiger partial charge in [0.1, 0.15) is 0 Å². The fourth-order valence-electron chi connectivity index (χ4n) is 2.89. The van der Waals surface area contributed by atoms with Crippen molar-refractivity contribution >= 4 is 24.0 Å². The van der Waals surface area contributed by atoms with Gasteiger partial charge in [0.05, 0.1) is 5.92 Å². The number of hydrogen-bond acceptors (Lipinski definition) is 2. The molecule has 0 spiro atoms. The SMILES string of the molecule is CC(C(N)=O)c1ccc2c(c1)CCN2Cc1ccccc1.Cl. The first kappa shape index (κ1) is 16.4. The smallest absolute Gasteiger partial charge is 0.224 e. The van der Waals surface area contributed by atoms with Gasteiger partial charge in [-0.05, 0) is 36.1 Å². The maximum Gasteiger partial charge on any atom is 0.224 e. The van der Waals surface area contributed by atoms with Gasteiger partial charge in [0.2, 0.25) is 5.91 Å². The Morgan fingerprint density at radius 1 is 1.23 bits per heavy atom. The van der Waals surface area contributed by atoms with Gasteiger partial charge in [-0.3, -0.25) is 4.79 Å². The molecular formula is C18H21ClN2O. The van der Waals surface area contributed by atoms with E-state index in [-0.39, 0.29) is 24.2 Å². The minimum absolute atomic E-state index is 0. The fourth-order valence-corrected chi connectivity index (χ4v) is 2.89. The molecule has 1 aliphatic heterocycles. The summed E-state index contributed by atoms with van der Waals surface area (Å²) in [6.45, 7) is 3.82. The number of nitrogens with two attached hydrogens (primary N) is 1. The third-order valence-electron chi connectivity index (χ3n) is 4.24. The Labute approximate surface area is 137 Å². The number of primary amides is 1. The molecule has 0 aliphatic carbocycles. The molecule has 1 unspecified atom stereocenters. The van der Waals surface area contributed by atoms with Gasteiger partial charge in [-0.1, -0.05) is 42.5 Å². The van der Waals surface area contributed by atoms with Crippen LogP contribution in [0.1, 0.15) is 29.5 Å². The number of fused-ring (bicyclic) bond motifs is 1. The molecule has 0 bridgehead atoms. The van der Waals surface area contributed by atoms with E-state index in [2.05, 4.69) is 41.3 Å². The number of carbonyl (C=O) groups excluding carboxylic acids is 1. The van der Waals surface area contributed by atoms with Crippen LogP contribution in [0.25, 0.3) is 0 Å². The van der Waals surface area contributed by atoms with Gasteiger partial charge >= 0.3 is 0 Å². The van der Waals surface area contributed by atoms with E-state index in [1.807, 2.05) is 19.1 Å². The van der Waals surface area contributed by atoms with Crippen molar-refractivity contribution < 1.29 is 4.79 Å². The molecule has 2 aromatic carbocycles. The lowest BCUT2D eigenvalue weighted by atomic mass is 9.97. The van der Waals surface area contributed by atoms with Crippen LogP contribution in [0.4, 0.5) is 5.69 Å². The van der Waals surface area contributed by atoms with E-state index in [1.165, 1.54) is 16.8 Å². The van der Waals surface area contributed by atoms with Crippen LogP contribution in [0.5, 0.6) is 0 Å². The number of benzene rings is 2. The first-order chi connectivity index (χ1) is 10.1. The van der Waals surface area contributed by atoms with Gasteiger partial charge in [0.25, 0.3) is 0 Å². The summed E-state index contributed by atoms with van der Waals surface area (Å²) in [6.07, 6.45) is 1.03. The number of anilines is 1. The number of carbonyl (C=O) groups is 1. The van der Waals surface area contributed by atoms with Gasteiger partial charge in [0.15, 0.2) is 0 Å². The maximum atomic E-state index is 11.3. The van der Waals surface area contributed by atoms with Crippen molar-refractivity contribution in [1.82, 2.24) is 0 Å². The van der Waals surface area contributed by atoms with Gasteiger partial charge in [-0.15, -0.1) is 12.4 Å². The molecule has 22 heavy (non-hydrogen) atoms. The zero-order valence-corrected chi connectivity index (χ0v) is 13.5. The van der Waals surface area contributed by atoms with Crippen LogP contribution in [0.2, 0.25) is 0 Å². The molecule has 1 atom stereocenters. The zero-order chi connectivity index (χ0) is 14.8. The molecule has 0 saturated heterocycles. The van der Waals surface area contributed by atoms with Crippen molar-refractivity contribution in [3.63, 3.8) is 0 Å². The van der Waals surface area contributed by atoms with Crippen LogP contribution in [0.3, 0.4) is 0 Å². The Morgan fingerprint density at radius 3 is 2.64 bits per heavy atom. The van der Waals surface area contributed by atoms with E-state index in [0.717, 1.165) is 25.1 Å². The van der Waals surface area contributed by atoms with Crippen molar-refractivity contribution in [2.75, 3.05) is 11.4 Å². The van der Waals surface area contributed by atoms with Gasteiger partial charge in [-0.25, -0.2) is 0 Å². The molecule has 1 amide bonds. The Morgan fingerprint density at radius 2 is 1.95 bits per heavy atom. The highest BCUT2D eigenvalue weighted by atomic mass is 35.5. The van der Waals surface area contributed by atoms with Crippen molar-refractivity contribution in [3.8, 4) is 0 Å². The summed E-state index contributed by atoms with van der Waals surface area (Å²) >= 11 is 0. The summed E-state index contributed by atoms with van der Waals surface area (Å²) in [7, 11) is 0. The molecule has 0 aromatic heterocycles. The van der Waals surface area contributed by atoms with Gasteiger partial charge < -0.3 is 10.6 Å². The van der Waals surface area contributed by atoms with E-state index >= 15 is 0 Å². The largest absolute Gasteiger partial charge is 0.369 e. The molecule has 0 radical (unpaired) electrons. The van der Waals surface area contributed by atoms with Crippen LogP contribution < -0.4 is 10.6 Å². The molecule has 0 fully saturated rings. The second-order valence-corrected chi connectivity index (χ2v) is 5.67. The lowest BCUT2D eigenvalue weighted by molar-refractivity contribution is -0.119. The second-order valence-electron chi connectivity index (χ2n) is 5.67. The minimum atomic E-state index is -0.269. The average molecular weight is 317 g/mol. The number of amides is 1. The third-order valence-corrected chi connectivity index (χ3v) is 4.24. The van der Waals surface area contributed by atoms with Gasteiger partial charge in [-0.2, -0.15) is 0 Å². The van der Waals surface area contributed by atoms with Crippen LogP contribution in [0.15, 0.2) is 48.5 Å². The average Bonchev–Trinajstić information content (AvgIpc) is 2.90. The van der Waals surface area contributed by atoms with E-state index < -0.39 is 0 Å². The van der Waals surface area contributed by atoms with E-state index in [0.29, 0.717) is 0 Å². The summed E-state index contributed by atoms with van der Waals surface area (Å²) in [5.41, 5.74) is 10.3. The maximum absolute atomic E-state index is 11.3. The first-order valence-electron chi connectivity index (χ1n) is 7.36. The summed E-state index contributed by atoms with van der Waals surface area (Å²) in [5.74, 6) is -0.493.